The first kappa shape index (κ1) is 13.6. The minimum Gasteiger partial charge on any atom is -0.377 e. The zero-order valence-corrected chi connectivity index (χ0v) is 12.1. The van der Waals surface area contributed by atoms with Gasteiger partial charge in [0.1, 0.15) is 0 Å². The Bertz CT molecular complexity index is 544. The lowest BCUT2D eigenvalue weighted by atomic mass is 9.99. The third kappa shape index (κ3) is 3.36. The number of hydrogen-bond donors (Lipinski definition) is 0. The van der Waals surface area contributed by atoms with E-state index in [4.69, 9.17) is 0 Å². The Balaban J connectivity index is 2.43. The molecule has 2 aromatic rings. The molecule has 99 valence electrons. The van der Waals surface area contributed by atoms with Gasteiger partial charge in [-0.15, -0.1) is 0 Å². The van der Waals surface area contributed by atoms with Crippen molar-refractivity contribution in [2.24, 2.45) is 0 Å². The summed E-state index contributed by atoms with van der Waals surface area (Å²) in [5.41, 5.74) is 5.01. The van der Waals surface area contributed by atoms with Crippen LogP contribution in [0, 0.1) is 6.07 Å². The minimum absolute atomic E-state index is 0.950. The smallest absolute Gasteiger partial charge is 0.0447 e. The maximum absolute atomic E-state index is 3.25. The second-order valence-corrected chi connectivity index (χ2v) is 5.25. The van der Waals surface area contributed by atoms with Crippen LogP contribution >= 0.6 is 0 Å². The summed E-state index contributed by atoms with van der Waals surface area (Å²) in [7, 11) is 8.28. The summed E-state index contributed by atoms with van der Waals surface area (Å²) in [6.07, 6.45) is 0. The van der Waals surface area contributed by atoms with Gasteiger partial charge in [-0.1, -0.05) is 36.4 Å². The van der Waals surface area contributed by atoms with Gasteiger partial charge in [0, 0.05) is 32.4 Å². The zero-order chi connectivity index (χ0) is 13.8. The van der Waals surface area contributed by atoms with Gasteiger partial charge in [-0.2, -0.15) is 0 Å². The summed E-state index contributed by atoms with van der Waals surface area (Å²) >= 11 is 0. The maximum Gasteiger partial charge on any atom is 0.0447 e. The fourth-order valence-corrected chi connectivity index (χ4v) is 2.16. The summed E-state index contributed by atoms with van der Waals surface area (Å²) in [6.45, 7) is 0.950. The fraction of sp³-hybridized carbons (Fsp3) is 0.294. The average molecular weight is 253 g/mol. The minimum atomic E-state index is 0.950. The van der Waals surface area contributed by atoms with Crippen LogP contribution in [0.2, 0.25) is 0 Å². The molecule has 0 heterocycles. The van der Waals surface area contributed by atoms with Crippen LogP contribution in [-0.4, -0.2) is 33.1 Å². The number of benzene rings is 2. The van der Waals surface area contributed by atoms with Gasteiger partial charge in [-0.25, -0.2) is 0 Å². The first-order valence-electron chi connectivity index (χ1n) is 6.50. The third-order valence-electron chi connectivity index (χ3n) is 3.08. The lowest BCUT2D eigenvalue weighted by Crippen LogP contribution is -2.11. The molecule has 2 aromatic carbocycles. The van der Waals surface area contributed by atoms with E-state index in [0.29, 0.717) is 0 Å². The van der Waals surface area contributed by atoms with Gasteiger partial charge < -0.3 is 9.80 Å². The fourth-order valence-electron chi connectivity index (χ4n) is 2.16. The molecule has 0 N–H and O–H groups in total. The van der Waals surface area contributed by atoms with E-state index >= 15 is 0 Å². The number of hydrogen-bond acceptors (Lipinski definition) is 2. The van der Waals surface area contributed by atoms with E-state index in [1.807, 2.05) is 20.2 Å². The van der Waals surface area contributed by atoms with E-state index in [2.05, 4.69) is 66.4 Å². The Morgan fingerprint density at radius 2 is 1.74 bits per heavy atom. The monoisotopic (exact) mass is 253 g/mol. The summed E-state index contributed by atoms with van der Waals surface area (Å²) in [5.74, 6) is 0. The Hall–Kier alpha value is -1.80. The average Bonchev–Trinajstić information content (AvgIpc) is 2.39. The Labute approximate surface area is 116 Å². The Kier molecular flexibility index (Phi) is 4.23. The second-order valence-electron chi connectivity index (χ2n) is 5.25. The molecule has 0 amide bonds. The van der Waals surface area contributed by atoms with Gasteiger partial charge in [0.25, 0.3) is 0 Å². The standard InChI is InChI=1S/C17H21N2/c1-18(2)13-15-8-5-6-11-17(15)14-9-7-10-16(12-14)19(3)4/h5-9,11-12H,13H2,1-4H3. The quantitative estimate of drug-likeness (QED) is 0.825. The SMILES string of the molecule is CN(C)Cc1ccccc1-c1cc[c]c(N(C)C)c1. The molecular weight excluding hydrogens is 232 g/mol. The predicted octanol–water partition coefficient (Wildman–Crippen LogP) is 3.28. The van der Waals surface area contributed by atoms with Gasteiger partial charge in [0.15, 0.2) is 0 Å². The predicted molar refractivity (Wildman–Crippen MR) is 82.4 cm³/mol. The highest BCUT2D eigenvalue weighted by Crippen LogP contribution is 2.27. The number of anilines is 1. The molecule has 0 aromatic heterocycles. The van der Waals surface area contributed by atoms with E-state index < -0.39 is 0 Å². The second kappa shape index (κ2) is 5.89. The number of rotatable bonds is 4. The van der Waals surface area contributed by atoms with Crippen LogP contribution < -0.4 is 4.90 Å². The van der Waals surface area contributed by atoms with Crippen LogP contribution in [-0.2, 0) is 6.54 Å². The molecule has 0 aliphatic rings. The topological polar surface area (TPSA) is 6.48 Å². The van der Waals surface area contributed by atoms with Crippen molar-refractivity contribution in [1.82, 2.24) is 4.90 Å². The van der Waals surface area contributed by atoms with E-state index in [-0.39, 0.29) is 0 Å². The molecular formula is C17H21N2. The first-order chi connectivity index (χ1) is 9.08. The van der Waals surface area contributed by atoms with E-state index in [1.54, 1.807) is 0 Å². The highest BCUT2D eigenvalue weighted by molar-refractivity contribution is 5.71. The first-order valence-corrected chi connectivity index (χ1v) is 6.50. The molecule has 0 atom stereocenters. The van der Waals surface area contributed by atoms with Crippen molar-refractivity contribution >= 4 is 5.69 Å². The van der Waals surface area contributed by atoms with Gasteiger partial charge >= 0.3 is 0 Å². The lowest BCUT2D eigenvalue weighted by Gasteiger charge is -2.16. The number of nitrogens with zero attached hydrogens (tertiary/aromatic N) is 2. The third-order valence-corrected chi connectivity index (χ3v) is 3.08. The molecule has 0 saturated heterocycles. The van der Waals surface area contributed by atoms with Gasteiger partial charge in [-0.3, -0.25) is 0 Å². The summed E-state index contributed by atoms with van der Waals surface area (Å²) in [6, 6.07) is 18.1. The van der Waals surface area contributed by atoms with Gasteiger partial charge in [0.05, 0.1) is 0 Å². The molecule has 0 aliphatic carbocycles. The summed E-state index contributed by atoms with van der Waals surface area (Å²) in [4.78, 5) is 4.28. The normalized spacial score (nSPS) is 10.8. The summed E-state index contributed by atoms with van der Waals surface area (Å²) < 4.78 is 0. The summed E-state index contributed by atoms with van der Waals surface area (Å²) in [5, 5.41) is 0. The van der Waals surface area contributed by atoms with Crippen molar-refractivity contribution in [2.75, 3.05) is 33.1 Å². The molecule has 0 fully saturated rings. The molecule has 2 rings (SSSR count). The van der Waals surface area contributed by atoms with Crippen LogP contribution in [0.1, 0.15) is 5.56 Å². The van der Waals surface area contributed by atoms with Crippen molar-refractivity contribution in [3.63, 3.8) is 0 Å². The van der Waals surface area contributed by atoms with Crippen LogP contribution in [0.3, 0.4) is 0 Å². The van der Waals surface area contributed by atoms with Crippen molar-refractivity contribution < 1.29 is 0 Å². The van der Waals surface area contributed by atoms with E-state index in [9.17, 15) is 0 Å². The van der Waals surface area contributed by atoms with Crippen LogP contribution in [0.25, 0.3) is 11.1 Å². The van der Waals surface area contributed by atoms with Gasteiger partial charge in [0.2, 0.25) is 0 Å². The van der Waals surface area contributed by atoms with Crippen LogP contribution in [0.5, 0.6) is 0 Å². The molecule has 19 heavy (non-hydrogen) atoms. The molecule has 0 spiro atoms. The molecule has 2 heteroatoms. The largest absolute Gasteiger partial charge is 0.377 e. The molecule has 0 bridgehead atoms. The highest BCUT2D eigenvalue weighted by atomic mass is 15.1. The van der Waals surface area contributed by atoms with Crippen molar-refractivity contribution in [1.29, 1.82) is 0 Å². The Morgan fingerprint density at radius 3 is 2.42 bits per heavy atom. The molecule has 2 nitrogen and oxygen atoms in total. The molecule has 0 aliphatic heterocycles. The molecule has 1 radical (unpaired) electrons. The molecule has 0 unspecified atom stereocenters. The van der Waals surface area contributed by atoms with Crippen molar-refractivity contribution in [2.45, 2.75) is 6.54 Å². The maximum atomic E-state index is 3.25. The highest BCUT2D eigenvalue weighted by Gasteiger charge is 2.06. The van der Waals surface area contributed by atoms with Crippen LogP contribution in [0.15, 0.2) is 42.5 Å². The van der Waals surface area contributed by atoms with E-state index in [0.717, 1.165) is 12.2 Å². The Morgan fingerprint density at radius 1 is 1.00 bits per heavy atom. The van der Waals surface area contributed by atoms with Crippen molar-refractivity contribution in [3.8, 4) is 11.1 Å². The zero-order valence-electron chi connectivity index (χ0n) is 12.1. The van der Waals surface area contributed by atoms with Crippen molar-refractivity contribution in [3.05, 3.63) is 54.1 Å². The van der Waals surface area contributed by atoms with E-state index in [1.165, 1.54) is 16.7 Å². The lowest BCUT2D eigenvalue weighted by molar-refractivity contribution is 0.403. The van der Waals surface area contributed by atoms with Crippen LogP contribution in [0.4, 0.5) is 5.69 Å². The molecule has 0 saturated carbocycles. The van der Waals surface area contributed by atoms with Gasteiger partial charge in [-0.05, 0) is 36.9 Å².